The van der Waals surface area contributed by atoms with Gasteiger partial charge in [-0.15, -0.1) is 0 Å². The van der Waals surface area contributed by atoms with Crippen molar-refractivity contribution < 1.29 is 12.9 Å². The maximum absolute atomic E-state index is 13.0. The van der Waals surface area contributed by atoms with E-state index in [2.05, 4.69) is 17.1 Å². The summed E-state index contributed by atoms with van der Waals surface area (Å²) in [5.74, 6) is 1.33. The first kappa shape index (κ1) is 19.3. The number of aromatic nitrogens is 2. The van der Waals surface area contributed by atoms with Gasteiger partial charge in [-0.3, -0.25) is 0 Å². The molecule has 0 spiro atoms. The largest absolute Gasteiger partial charge is 0.339 e. The molecule has 0 radical (unpaired) electrons. The fourth-order valence-corrected chi connectivity index (χ4v) is 5.74. The Bertz CT molecular complexity index is 1010. The first-order valence-corrected chi connectivity index (χ1v) is 11.9. The molecule has 4 rings (SSSR count). The molecule has 1 aromatic carbocycles. The number of thiophene rings is 1. The van der Waals surface area contributed by atoms with E-state index in [1.807, 2.05) is 29.0 Å². The zero-order valence-corrected chi connectivity index (χ0v) is 17.4. The van der Waals surface area contributed by atoms with Crippen LogP contribution in [0.5, 0.6) is 0 Å². The van der Waals surface area contributed by atoms with Crippen molar-refractivity contribution in [2.45, 2.75) is 37.5 Å². The molecule has 1 aliphatic heterocycles. The van der Waals surface area contributed by atoms with Crippen LogP contribution >= 0.6 is 11.3 Å². The molecule has 0 bridgehead atoms. The molecular weight excluding hydrogens is 394 g/mol. The number of nitrogens with zero attached hydrogens (tertiary/aromatic N) is 3. The Labute approximate surface area is 169 Å². The van der Waals surface area contributed by atoms with Crippen LogP contribution in [0.4, 0.5) is 0 Å². The standard InChI is InChI=1S/C20H23N3O3S2/c1-2-15-5-7-18(8-6-15)28(24,25)23-10-3-4-16(13-23)12-19-21-20(22-26-19)17-9-11-27-14-17/h5-9,11,14,16H,2-4,10,12-13H2,1H3. The molecule has 0 amide bonds. The van der Waals surface area contributed by atoms with E-state index in [9.17, 15) is 8.42 Å². The molecule has 0 N–H and O–H groups in total. The highest BCUT2D eigenvalue weighted by Crippen LogP contribution is 2.27. The summed E-state index contributed by atoms with van der Waals surface area (Å²) < 4.78 is 33.0. The Balaban J connectivity index is 1.45. The average Bonchev–Trinajstić information content (AvgIpc) is 3.40. The Morgan fingerprint density at radius 1 is 1.25 bits per heavy atom. The molecule has 3 aromatic rings. The molecule has 148 valence electrons. The molecule has 1 unspecified atom stereocenters. The number of piperidine rings is 1. The fraction of sp³-hybridized carbons (Fsp3) is 0.400. The number of hydrogen-bond acceptors (Lipinski definition) is 6. The van der Waals surface area contributed by atoms with Crippen molar-refractivity contribution in [1.29, 1.82) is 0 Å². The van der Waals surface area contributed by atoms with Crippen molar-refractivity contribution >= 4 is 21.4 Å². The predicted octanol–water partition coefficient (Wildman–Crippen LogP) is 4.00. The Hall–Kier alpha value is -2.03. The summed E-state index contributed by atoms with van der Waals surface area (Å²) in [5.41, 5.74) is 2.08. The van der Waals surface area contributed by atoms with Crippen LogP contribution in [0.2, 0.25) is 0 Å². The molecule has 1 fully saturated rings. The van der Waals surface area contributed by atoms with Gasteiger partial charge < -0.3 is 4.52 Å². The molecule has 28 heavy (non-hydrogen) atoms. The zero-order chi connectivity index (χ0) is 19.6. The number of aryl methyl sites for hydroxylation is 1. The fourth-order valence-electron chi connectivity index (χ4n) is 3.55. The summed E-state index contributed by atoms with van der Waals surface area (Å²) in [7, 11) is -3.47. The van der Waals surface area contributed by atoms with Crippen molar-refractivity contribution in [2.75, 3.05) is 13.1 Å². The van der Waals surface area contributed by atoms with Crippen LogP contribution in [0.3, 0.4) is 0 Å². The Morgan fingerprint density at radius 3 is 2.79 bits per heavy atom. The van der Waals surface area contributed by atoms with Gasteiger partial charge in [-0.2, -0.15) is 20.6 Å². The van der Waals surface area contributed by atoms with E-state index in [4.69, 9.17) is 4.52 Å². The van der Waals surface area contributed by atoms with Crippen LogP contribution in [0.25, 0.3) is 11.4 Å². The molecule has 1 saturated heterocycles. The highest BCUT2D eigenvalue weighted by Gasteiger charge is 2.31. The van der Waals surface area contributed by atoms with E-state index < -0.39 is 10.0 Å². The summed E-state index contributed by atoms with van der Waals surface area (Å²) >= 11 is 1.59. The average molecular weight is 418 g/mol. The lowest BCUT2D eigenvalue weighted by molar-refractivity contribution is 0.247. The van der Waals surface area contributed by atoms with Crippen LogP contribution < -0.4 is 0 Å². The van der Waals surface area contributed by atoms with E-state index in [-0.39, 0.29) is 5.92 Å². The van der Waals surface area contributed by atoms with Gasteiger partial charge in [0.25, 0.3) is 0 Å². The van der Waals surface area contributed by atoms with Crippen molar-refractivity contribution in [3.05, 3.63) is 52.5 Å². The quantitative estimate of drug-likeness (QED) is 0.606. The highest BCUT2D eigenvalue weighted by molar-refractivity contribution is 7.89. The summed E-state index contributed by atoms with van der Waals surface area (Å²) in [6, 6.07) is 9.15. The summed E-state index contributed by atoms with van der Waals surface area (Å²) in [4.78, 5) is 4.84. The Kier molecular flexibility index (Phi) is 5.61. The van der Waals surface area contributed by atoms with Gasteiger partial charge >= 0.3 is 0 Å². The summed E-state index contributed by atoms with van der Waals surface area (Å²) in [6.07, 6.45) is 3.28. The van der Waals surface area contributed by atoms with Crippen LogP contribution in [0.1, 0.15) is 31.2 Å². The van der Waals surface area contributed by atoms with Gasteiger partial charge in [0.1, 0.15) is 0 Å². The molecule has 8 heteroatoms. The van der Waals surface area contributed by atoms with Crippen molar-refractivity contribution in [1.82, 2.24) is 14.4 Å². The maximum Gasteiger partial charge on any atom is 0.243 e. The summed E-state index contributed by atoms with van der Waals surface area (Å²) in [5, 5.41) is 8.00. The molecular formula is C20H23N3O3S2. The third-order valence-corrected chi connectivity index (χ3v) is 7.72. The zero-order valence-electron chi connectivity index (χ0n) is 15.7. The second kappa shape index (κ2) is 8.14. The molecule has 2 aromatic heterocycles. The maximum atomic E-state index is 13.0. The van der Waals surface area contributed by atoms with Crippen LogP contribution in [0, 0.1) is 5.92 Å². The highest BCUT2D eigenvalue weighted by atomic mass is 32.2. The third kappa shape index (κ3) is 4.04. The molecule has 0 aliphatic carbocycles. The second-order valence-corrected chi connectivity index (χ2v) is 9.81. The molecule has 0 saturated carbocycles. The van der Waals surface area contributed by atoms with Crippen LogP contribution in [-0.4, -0.2) is 36.0 Å². The summed E-state index contributed by atoms with van der Waals surface area (Å²) in [6.45, 7) is 3.09. The first-order valence-electron chi connectivity index (χ1n) is 9.50. The van der Waals surface area contributed by atoms with Gasteiger partial charge in [-0.1, -0.05) is 24.2 Å². The second-order valence-electron chi connectivity index (χ2n) is 7.10. The van der Waals surface area contributed by atoms with Crippen molar-refractivity contribution in [3.8, 4) is 11.4 Å². The van der Waals surface area contributed by atoms with Crippen molar-refractivity contribution in [2.24, 2.45) is 5.92 Å². The number of benzene rings is 1. The van der Waals surface area contributed by atoms with E-state index in [0.717, 1.165) is 30.4 Å². The van der Waals surface area contributed by atoms with Gasteiger partial charge in [0.2, 0.25) is 21.7 Å². The lowest BCUT2D eigenvalue weighted by Crippen LogP contribution is -2.40. The SMILES string of the molecule is CCc1ccc(S(=O)(=O)N2CCCC(Cc3nc(-c4ccsc4)no3)C2)cc1. The lowest BCUT2D eigenvalue weighted by atomic mass is 9.96. The van der Waals surface area contributed by atoms with Gasteiger partial charge in [0.05, 0.1) is 4.90 Å². The number of hydrogen-bond donors (Lipinski definition) is 0. The minimum atomic E-state index is -3.47. The van der Waals surface area contributed by atoms with Gasteiger partial charge in [0, 0.05) is 30.5 Å². The molecule has 1 atom stereocenters. The minimum absolute atomic E-state index is 0.175. The van der Waals surface area contributed by atoms with E-state index in [0.29, 0.717) is 36.1 Å². The smallest absolute Gasteiger partial charge is 0.243 e. The van der Waals surface area contributed by atoms with Crippen LogP contribution in [-0.2, 0) is 22.9 Å². The molecule has 3 heterocycles. The monoisotopic (exact) mass is 417 g/mol. The molecule has 6 nitrogen and oxygen atoms in total. The number of rotatable bonds is 6. The van der Waals surface area contributed by atoms with Gasteiger partial charge in [-0.25, -0.2) is 8.42 Å². The number of sulfonamides is 1. The predicted molar refractivity (Wildman–Crippen MR) is 109 cm³/mol. The van der Waals surface area contributed by atoms with E-state index in [1.165, 1.54) is 0 Å². The topological polar surface area (TPSA) is 76.3 Å². The lowest BCUT2D eigenvalue weighted by Gasteiger charge is -2.31. The van der Waals surface area contributed by atoms with Gasteiger partial charge in [-0.05, 0) is 54.3 Å². The normalized spacial score (nSPS) is 18.4. The van der Waals surface area contributed by atoms with Crippen LogP contribution in [0.15, 0.2) is 50.5 Å². The molecule has 1 aliphatic rings. The van der Waals surface area contributed by atoms with Gasteiger partial charge in [0.15, 0.2) is 0 Å². The Morgan fingerprint density at radius 2 is 2.07 bits per heavy atom. The first-order chi connectivity index (χ1) is 13.6. The third-order valence-electron chi connectivity index (χ3n) is 5.16. The van der Waals surface area contributed by atoms with E-state index in [1.54, 1.807) is 27.8 Å². The minimum Gasteiger partial charge on any atom is -0.339 e. The van der Waals surface area contributed by atoms with E-state index >= 15 is 0 Å². The van der Waals surface area contributed by atoms with Crippen molar-refractivity contribution in [3.63, 3.8) is 0 Å².